The molecule has 1 aromatic heterocycles. The number of amides is 1. The Kier molecular flexibility index (Phi) is 11.0. The standard InChI is InChI=1S/C30H30Cl2F2N2O7S/c1-36(2)29(38)20-4-3-5-21(12-20)44(39,40)11-10-28(37)42-26(14-22-23(31)15-35-16-24(22)32)19-8-9-25(43-30(33)34)27(13-19)41-17-18-6-7-18/h3-5,8-9,12-13,15-16,18,26,30H,6-7,10-11,14,17H2,1-2H3/t26-/m0/s1. The van der Waals surface area contributed by atoms with Crippen molar-refractivity contribution >= 4 is 44.9 Å². The second-order valence-corrected chi connectivity index (χ2v) is 13.3. The zero-order valence-electron chi connectivity index (χ0n) is 23.8. The molecule has 1 aliphatic carbocycles. The summed E-state index contributed by atoms with van der Waals surface area (Å²) in [5.74, 6) is -1.65. The monoisotopic (exact) mass is 670 g/mol. The lowest BCUT2D eigenvalue weighted by atomic mass is 10.0. The van der Waals surface area contributed by atoms with Crippen LogP contribution >= 0.6 is 23.2 Å². The predicted molar refractivity (Wildman–Crippen MR) is 159 cm³/mol. The first kappa shape index (κ1) is 33.4. The van der Waals surface area contributed by atoms with Crippen molar-refractivity contribution in [2.24, 2.45) is 5.92 Å². The topological polar surface area (TPSA) is 112 Å². The molecule has 0 unspecified atom stereocenters. The summed E-state index contributed by atoms with van der Waals surface area (Å²) in [4.78, 5) is 30.5. The van der Waals surface area contributed by atoms with E-state index in [-0.39, 0.29) is 44.3 Å². The number of benzene rings is 2. The lowest BCUT2D eigenvalue weighted by molar-refractivity contribution is -0.149. The molecule has 0 N–H and O–H groups in total. The van der Waals surface area contributed by atoms with Crippen molar-refractivity contribution in [2.45, 2.75) is 43.3 Å². The fourth-order valence-electron chi connectivity index (χ4n) is 4.20. The van der Waals surface area contributed by atoms with Crippen molar-refractivity contribution in [1.82, 2.24) is 9.88 Å². The molecular weight excluding hydrogens is 641 g/mol. The molecule has 0 aliphatic heterocycles. The molecule has 3 aromatic rings. The van der Waals surface area contributed by atoms with Crippen LogP contribution in [0.4, 0.5) is 8.78 Å². The van der Waals surface area contributed by atoms with Gasteiger partial charge in [-0.15, -0.1) is 0 Å². The second-order valence-electron chi connectivity index (χ2n) is 10.4. The van der Waals surface area contributed by atoms with Crippen molar-refractivity contribution in [1.29, 1.82) is 0 Å². The van der Waals surface area contributed by atoms with E-state index in [0.29, 0.717) is 23.7 Å². The van der Waals surface area contributed by atoms with Crippen LogP contribution in [-0.4, -0.2) is 63.2 Å². The summed E-state index contributed by atoms with van der Waals surface area (Å²) in [7, 11) is -0.882. The average molecular weight is 672 g/mol. The quantitative estimate of drug-likeness (QED) is 0.187. The lowest BCUT2D eigenvalue weighted by Gasteiger charge is -2.21. The second kappa shape index (κ2) is 14.5. The summed E-state index contributed by atoms with van der Waals surface area (Å²) in [5, 5.41) is 0.410. The van der Waals surface area contributed by atoms with Crippen LogP contribution in [0.1, 0.15) is 46.9 Å². The molecule has 2 aromatic carbocycles. The molecule has 1 amide bonds. The SMILES string of the molecule is CN(C)C(=O)c1cccc(S(=O)(=O)CCC(=O)O[C@@H](Cc2c(Cl)cncc2Cl)c2ccc(OC(F)F)c(OCC3CC3)c2)c1. The Labute approximate surface area is 263 Å². The van der Waals surface area contributed by atoms with Crippen LogP contribution in [0.15, 0.2) is 59.8 Å². The fraction of sp³-hybridized carbons (Fsp3) is 0.367. The van der Waals surface area contributed by atoms with Gasteiger partial charge >= 0.3 is 12.6 Å². The third-order valence-electron chi connectivity index (χ3n) is 6.76. The number of pyridine rings is 1. The average Bonchev–Trinajstić information content (AvgIpc) is 3.81. The van der Waals surface area contributed by atoms with Crippen LogP contribution in [0.25, 0.3) is 0 Å². The summed E-state index contributed by atoms with van der Waals surface area (Å²) in [6.07, 6.45) is 3.05. The van der Waals surface area contributed by atoms with Crippen LogP contribution in [0.3, 0.4) is 0 Å². The zero-order chi connectivity index (χ0) is 32.0. The molecule has 1 aliphatic rings. The van der Waals surface area contributed by atoms with Gasteiger partial charge in [0.2, 0.25) is 0 Å². The number of nitrogens with zero attached hydrogens (tertiary/aromatic N) is 2. The number of carbonyl (C=O) groups excluding carboxylic acids is 2. The van der Waals surface area contributed by atoms with Crippen LogP contribution in [0.2, 0.25) is 10.0 Å². The summed E-state index contributed by atoms with van der Waals surface area (Å²) in [5.41, 5.74) is 0.945. The molecule has 14 heteroatoms. The number of alkyl halides is 2. The van der Waals surface area contributed by atoms with E-state index in [0.717, 1.165) is 12.8 Å². The van der Waals surface area contributed by atoms with Gasteiger partial charge < -0.3 is 19.1 Å². The first-order valence-corrected chi connectivity index (χ1v) is 16.0. The van der Waals surface area contributed by atoms with E-state index in [1.54, 1.807) is 14.1 Å². The molecule has 0 saturated heterocycles. The van der Waals surface area contributed by atoms with E-state index in [9.17, 15) is 26.8 Å². The molecule has 236 valence electrons. The number of hydrogen-bond donors (Lipinski definition) is 0. The summed E-state index contributed by atoms with van der Waals surface area (Å²) >= 11 is 12.6. The Balaban J connectivity index is 1.57. The van der Waals surface area contributed by atoms with Crippen LogP contribution in [0.5, 0.6) is 11.5 Å². The van der Waals surface area contributed by atoms with Crippen molar-refractivity contribution < 1.29 is 41.0 Å². The highest BCUT2D eigenvalue weighted by Crippen LogP contribution is 2.38. The maximum atomic E-state index is 13.1. The van der Waals surface area contributed by atoms with Gasteiger partial charge in [0.15, 0.2) is 21.3 Å². The third-order valence-corrected chi connectivity index (χ3v) is 9.13. The van der Waals surface area contributed by atoms with Gasteiger partial charge in [0, 0.05) is 38.5 Å². The first-order chi connectivity index (χ1) is 20.8. The summed E-state index contributed by atoms with van der Waals surface area (Å²) in [6, 6.07) is 9.70. The van der Waals surface area contributed by atoms with Gasteiger partial charge in [0.25, 0.3) is 5.91 Å². The third kappa shape index (κ3) is 9.02. The molecule has 0 bridgehead atoms. The first-order valence-electron chi connectivity index (χ1n) is 13.6. The molecule has 1 saturated carbocycles. The highest BCUT2D eigenvalue weighted by molar-refractivity contribution is 7.91. The van der Waals surface area contributed by atoms with Gasteiger partial charge in [-0.25, -0.2) is 8.42 Å². The minimum atomic E-state index is -3.97. The summed E-state index contributed by atoms with van der Waals surface area (Å²) in [6.45, 7) is -2.79. The molecule has 1 fully saturated rings. The van der Waals surface area contributed by atoms with Crippen molar-refractivity contribution in [3.8, 4) is 11.5 Å². The molecule has 9 nitrogen and oxygen atoms in total. The number of sulfone groups is 1. The van der Waals surface area contributed by atoms with Gasteiger partial charge in [-0.05, 0) is 60.2 Å². The lowest BCUT2D eigenvalue weighted by Crippen LogP contribution is -2.22. The fourth-order valence-corrected chi connectivity index (χ4v) is 5.99. The maximum absolute atomic E-state index is 13.1. The van der Waals surface area contributed by atoms with Gasteiger partial charge in [-0.3, -0.25) is 14.6 Å². The highest BCUT2D eigenvalue weighted by atomic mass is 35.5. The summed E-state index contributed by atoms with van der Waals surface area (Å²) < 4.78 is 68.4. The highest BCUT2D eigenvalue weighted by Gasteiger charge is 2.27. The Morgan fingerprint density at radius 2 is 1.75 bits per heavy atom. The molecule has 4 rings (SSSR count). The molecule has 1 atom stereocenters. The molecule has 44 heavy (non-hydrogen) atoms. The van der Waals surface area contributed by atoms with Gasteiger partial charge in [-0.1, -0.05) is 35.3 Å². The normalized spacial score (nSPS) is 13.8. The number of aromatic nitrogens is 1. The number of ether oxygens (including phenoxy) is 3. The minimum Gasteiger partial charge on any atom is -0.489 e. The van der Waals surface area contributed by atoms with Crippen molar-refractivity contribution in [3.63, 3.8) is 0 Å². The number of esters is 1. The zero-order valence-corrected chi connectivity index (χ0v) is 26.2. The van der Waals surface area contributed by atoms with Crippen LogP contribution in [0, 0.1) is 5.92 Å². The van der Waals surface area contributed by atoms with E-state index >= 15 is 0 Å². The van der Waals surface area contributed by atoms with Crippen molar-refractivity contribution in [2.75, 3.05) is 26.5 Å². The maximum Gasteiger partial charge on any atom is 0.387 e. The van der Waals surface area contributed by atoms with Gasteiger partial charge in [0.1, 0.15) is 6.10 Å². The molecular formula is C30H30Cl2F2N2O7S. The van der Waals surface area contributed by atoms with E-state index in [1.807, 2.05) is 0 Å². The molecule has 0 spiro atoms. The predicted octanol–water partition coefficient (Wildman–Crippen LogP) is 6.17. The Morgan fingerprint density at radius 1 is 1.05 bits per heavy atom. The molecule has 0 radical (unpaired) electrons. The number of carbonyl (C=O) groups is 2. The Hall–Kier alpha value is -3.48. The van der Waals surface area contributed by atoms with Crippen molar-refractivity contribution in [3.05, 3.63) is 81.6 Å². The largest absolute Gasteiger partial charge is 0.489 e. The van der Waals surface area contributed by atoms with E-state index in [4.69, 9.17) is 32.7 Å². The van der Waals surface area contributed by atoms with Crippen LogP contribution in [-0.2, 0) is 25.8 Å². The van der Waals surface area contributed by atoms with E-state index < -0.39 is 40.7 Å². The Bertz CT molecular complexity index is 1600. The minimum absolute atomic E-state index is 0.0372. The smallest absolute Gasteiger partial charge is 0.387 e. The number of rotatable bonds is 14. The van der Waals surface area contributed by atoms with Crippen LogP contribution < -0.4 is 9.47 Å². The number of halogens is 4. The van der Waals surface area contributed by atoms with Gasteiger partial charge in [-0.2, -0.15) is 8.78 Å². The van der Waals surface area contributed by atoms with E-state index in [1.165, 1.54) is 59.8 Å². The van der Waals surface area contributed by atoms with Gasteiger partial charge in [0.05, 0.1) is 33.7 Å². The molecule has 1 heterocycles. The Morgan fingerprint density at radius 3 is 2.39 bits per heavy atom. The van der Waals surface area contributed by atoms with E-state index in [2.05, 4.69) is 9.72 Å². The number of hydrogen-bond acceptors (Lipinski definition) is 8.